The molecule has 0 spiro atoms. The maximum absolute atomic E-state index is 2.77. The highest BCUT2D eigenvalue weighted by molar-refractivity contribution is 5.25. The summed E-state index contributed by atoms with van der Waals surface area (Å²) < 4.78 is 0. The van der Waals surface area contributed by atoms with E-state index in [2.05, 4.69) is 54.8 Å². The van der Waals surface area contributed by atoms with E-state index in [1.165, 1.54) is 50.0 Å². The van der Waals surface area contributed by atoms with Gasteiger partial charge >= 0.3 is 0 Å². The highest BCUT2D eigenvalue weighted by Gasteiger charge is 2.36. The summed E-state index contributed by atoms with van der Waals surface area (Å²) in [4.78, 5) is 5.53. The number of piperazine rings is 1. The first-order valence-electron chi connectivity index (χ1n) is 8.67. The summed E-state index contributed by atoms with van der Waals surface area (Å²) in [6, 6.07) is 10.4. The van der Waals surface area contributed by atoms with Crippen LogP contribution in [0, 0.1) is 12.8 Å². The molecule has 2 aliphatic heterocycles. The third-order valence-corrected chi connectivity index (χ3v) is 5.49. The van der Waals surface area contributed by atoms with E-state index in [1.54, 1.807) is 0 Å². The summed E-state index contributed by atoms with van der Waals surface area (Å²) in [5.74, 6) is 0.733. The van der Waals surface area contributed by atoms with Crippen molar-refractivity contribution in [2.24, 2.45) is 5.92 Å². The van der Waals surface area contributed by atoms with Crippen LogP contribution in [-0.2, 0) is 6.54 Å². The lowest BCUT2D eigenvalue weighted by atomic mass is 9.91. The molecule has 0 saturated carbocycles. The lowest BCUT2D eigenvalue weighted by Gasteiger charge is -2.50. The van der Waals surface area contributed by atoms with Gasteiger partial charge in [-0.05, 0) is 43.4 Å². The molecule has 1 aromatic carbocycles. The van der Waals surface area contributed by atoms with Crippen molar-refractivity contribution in [3.05, 3.63) is 35.4 Å². The average molecular weight is 286 g/mol. The molecule has 2 unspecified atom stereocenters. The van der Waals surface area contributed by atoms with Crippen molar-refractivity contribution in [3.8, 4) is 0 Å². The minimum Gasteiger partial charge on any atom is -0.298 e. The molecule has 2 atom stereocenters. The number of hydrogen-bond acceptors (Lipinski definition) is 2. The summed E-state index contributed by atoms with van der Waals surface area (Å²) >= 11 is 0. The van der Waals surface area contributed by atoms with Crippen LogP contribution in [0.1, 0.15) is 44.2 Å². The Hall–Kier alpha value is -0.860. The molecule has 2 nitrogen and oxygen atoms in total. The van der Waals surface area contributed by atoms with E-state index in [1.807, 2.05) is 0 Å². The molecule has 0 N–H and O–H groups in total. The van der Waals surface area contributed by atoms with Crippen molar-refractivity contribution in [2.45, 2.75) is 58.7 Å². The first-order chi connectivity index (χ1) is 10.1. The monoisotopic (exact) mass is 286 g/mol. The topological polar surface area (TPSA) is 6.48 Å². The predicted octanol–water partition coefficient (Wildman–Crippen LogP) is 3.69. The quantitative estimate of drug-likeness (QED) is 0.836. The fraction of sp³-hybridized carbons (Fsp3) is 0.684. The van der Waals surface area contributed by atoms with Crippen molar-refractivity contribution in [1.29, 1.82) is 0 Å². The summed E-state index contributed by atoms with van der Waals surface area (Å²) in [7, 11) is 0. The van der Waals surface area contributed by atoms with E-state index in [0.717, 1.165) is 18.5 Å². The first kappa shape index (κ1) is 15.1. The fourth-order valence-electron chi connectivity index (χ4n) is 4.09. The Morgan fingerprint density at radius 3 is 2.71 bits per heavy atom. The number of benzene rings is 1. The zero-order chi connectivity index (χ0) is 14.8. The summed E-state index contributed by atoms with van der Waals surface area (Å²) in [5, 5.41) is 0. The van der Waals surface area contributed by atoms with Gasteiger partial charge in [0.15, 0.2) is 0 Å². The van der Waals surface area contributed by atoms with Crippen LogP contribution in [0.5, 0.6) is 0 Å². The third-order valence-electron chi connectivity index (χ3n) is 5.49. The lowest BCUT2D eigenvalue weighted by Crippen LogP contribution is -2.60. The van der Waals surface area contributed by atoms with Crippen molar-refractivity contribution in [3.63, 3.8) is 0 Å². The van der Waals surface area contributed by atoms with Crippen LogP contribution in [-0.4, -0.2) is 41.5 Å². The average Bonchev–Trinajstić information content (AvgIpc) is 2.48. The zero-order valence-electron chi connectivity index (χ0n) is 13.9. The largest absolute Gasteiger partial charge is 0.298 e. The number of piperidine rings is 1. The number of rotatable bonds is 3. The molecular formula is C19H30N2. The Kier molecular flexibility index (Phi) is 4.66. The molecule has 0 bridgehead atoms. The van der Waals surface area contributed by atoms with Gasteiger partial charge in [-0.15, -0.1) is 0 Å². The van der Waals surface area contributed by atoms with Crippen LogP contribution in [0.4, 0.5) is 0 Å². The Bertz CT molecular complexity index is 468. The molecule has 2 heteroatoms. The molecule has 21 heavy (non-hydrogen) atoms. The molecule has 1 aromatic rings. The molecule has 0 aliphatic carbocycles. The second kappa shape index (κ2) is 6.50. The Morgan fingerprint density at radius 2 is 1.95 bits per heavy atom. The number of fused-ring (bicyclic) bond motifs is 1. The maximum atomic E-state index is 2.77. The Morgan fingerprint density at radius 1 is 1.14 bits per heavy atom. The molecule has 2 aliphatic rings. The van der Waals surface area contributed by atoms with Crippen LogP contribution in [0.15, 0.2) is 24.3 Å². The van der Waals surface area contributed by atoms with Gasteiger partial charge in [0.1, 0.15) is 0 Å². The number of aryl methyl sites for hydroxylation is 1. The van der Waals surface area contributed by atoms with Gasteiger partial charge in [-0.25, -0.2) is 0 Å². The van der Waals surface area contributed by atoms with Crippen LogP contribution in [0.25, 0.3) is 0 Å². The zero-order valence-corrected chi connectivity index (χ0v) is 13.9. The summed E-state index contributed by atoms with van der Waals surface area (Å²) in [6.45, 7) is 12.0. The maximum Gasteiger partial charge on any atom is 0.0250 e. The summed E-state index contributed by atoms with van der Waals surface area (Å²) in [5.41, 5.74) is 2.94. The van der Waals surface area contributed by atoms with E-state index in [9.17, 15) is 0 Å². The van der Waals surface area contributed by atoms with Crippen molar-refractivity contribution >= 4 is 0 Å². The third kappa shape index (κ3) is 3.32. The molecule has 116 valence electrons. The molecule has 2 heterocycles. The van der Waals surface area contributed by atoms with Gasteiger partial charge in [-0.1, -0.05) is 44.5 Å². The van der Waals surface area contributed by atoms with Crippen LogP contribution in [0.2, 0.25) is 0 Å². The van der Waals surface area contributed by atoms with E-state index in [-0.39, 0.29) is 0 Å². The van der Waals surface area contributed by atoms with E-state index in [4.69, 9.17) is 0 Å². The van der Waals surface area contributed by atoms with Gasteiger partial charge in [-0.3, -0.25) is 9.80 Å². The van der Waals surface area contributed by atoms with Gasteiger partial charge in [0, 0.05) is 31.7 Å². The van der Waals surface area contributed by atoms with Gasteiger partial charge in [0.25, 0.3) is 0 Å². The SMILES string of the molecule is Cc1ccccc1CN1CC2CCCCN2CC1C(C)C. The molecular weight excluding hydrogens is 256 g/mol. The van der Waals surface area contributed by atoms with Gasteiger partial charge < -0.3 is 0 Å². The molecule has 2 saturated heterocycles. The van der Waals surface area contributed by atoms with Crippen LogP contribution in [0.3, 0.4) is 0 Å². The number of nitrogens with zero attached hydrogens (tertiary/aromatic N) is 2. The lowest BCUT2D eigenvalue weighted by molar-refractivity contribution is -0.0119. The van der Waals surface area contributed by atoms with Gasteiger partial charge in [0.05, 0.1) is 0 Å². The predicted molar refractivity (Wildman–Crippen MR) is 89.4 cm³/mol. The molecule has 3 rings (SSSR count). The minimum absolute atomic E-state index is 0.707. The highest BCUT2D eigenvalue weighted by atomic mass is 15.3. The standard InChI is InChI=1S/C19H30N2/c1-15(2)19-14-20-11-7-6-10-18(20)13-21(19)12-17-9-5-4-8-16(17)3/h4-5,8-9,15,18-19H,6-7,10-14H2,1-3H3. The molecule has 0 radical (unpaired) electrons. The highest BCUT2D eigenvalue weighted by Crippen LogP contribution is 2.28. The number of hydrogen-bond donors (Lipinski definition) is 0. The van der Waals surface area contributed by atoms with Crippen LogP contribution < -0.4 is 0 Å². The Labute approximate surface area is 130 Å². The van der Waals surface area contributed by atoms with Gasteiger partial charge in [-0.2, -0.15) is 0 Å². The van der Waals surface area contributed by atoms with Crippen molar-refractivity contribution in [1.82, 2.24) is 9.80 Å². The molecule has 0 amide bonds. The van der Waals surface area contributed by atoms with Crippen molar-refractivity contribution < 1.29 is 0 Å². The molecule has 0 aromatic heterocycles. The molecule has 2 fully saturated rings. The Balaban J connectivity index is 1.76. The van der Waals surface area contributed by atoms with E-state index >= 15 is 0 Å². The second-order valence-electron chi connectivity index (χ2n) is 7.31. The fourth-order valence-corrected chi connectivity index (χ4v) is 4.09. The summed E-state index contributed by atoms with van der Waals surface area (Å²) in [6.07, 6.45) is 4.22. The van der Waals surface area contributed by atoms with Crippen LogP contribution >= 0.6 is 0 Å². The normalized spacial score (nSPS) is 27.8. The van der Waals surface area contributed by atoms with Gasteiger partial charge in [0.2, 0.25) is 0 Å². The van der Waals surface area contributed by atoms with Crippen molar-refractivity contribution in [2.75, 3.05) is 19.6 Å². The smallest absolute Gasteiger partial charge is 0.0250 e. The first-order valence-corrected chi connectivity index (χ1v) is 8.67. The minimum atomic E-state index is 0.707. The van der Waals surface area contributed by atoms with E-state index in [0.29, 0.717) is 6.04 Å². The van der Waals surface area contributed by atoms with E-state index < -0.39 is 0 Å². The second-order valence-corrected chi connectivity index (χ2v) is 7.31.